The monoisotopic (exact) mass is 332 g/mol. The highest BCUT2D eigenvalue weighted by Crippen LogP contribution is 2.45. The highest BCUT2D eigenvalue weighted by atomic mass is 16.5. The van der Waals surface area contributed by atoms with Gasteiger partial charge in [0.25, 0.3) is 0 Å². The first-order valence-electron chi connectivity index (χ1n) is 8.67. The first-order chi connectivity index (χ1) is 11.4. The predicted molar refractivity (Wildman–Crippen MR) is 86.1 cm³/mol. The van der Waals surface area contributed by atoms with Crippen molar-refractivity contribution in [1.29, 1.82) is 0 Å². The molecule has 130 valence electrons. The number of hydrogen-bond donors (Lipinski definition) is 0. The molecule has 2 amide bonds. The second-order valence-corrected chi connectivity index (χ2v) is 7.07. The van der Waals surface area contributed by atoms with Gasteiger partial charge >= 0.3 is 0 Å². The highest BCUT2D eigenvalue weighted by molar-refractivity contribution is 5.84. The van der Waals surface area contributed by atoms with Crippen molar-refractivity contribution in [3.63, 3.8) is 0 Å². The molecule has 0 aromatic carbocycles. The molecule has 1 aromatic heterocycles. The third-order valence-corrected chi connectivity index (χ3v) is 5.97. The van der Waals surface area contributed by atoms with Gasteiger partial charge in [-0.3, -0.25) is 14.3 Å². The van der Waals surface area contributed by atoms with Crippen molar-refractivity contribution >= 4 is 11.8 Å². The lowest BCUT2D eigenvalue weighted by atomic mass is 10.0. The molecule has 24 heavy (non-hydrogen) atoms. The minimum absolute atomic E-state index is 0.115. The van der Waals surface area contributed by atoms with E-state index in [1.807, 2.05) is 35.4 Å². The van der Waals surface area contributed by atoms with Gasteiger partial charge in [-0.05, 0) is 25.8 Å². The molecule has 3 aliphatic heterocycles. The minimum Gasteiger partial charge on any atom is -0.351 e. The van der Waals surface area contributed by atoms with Crippen LogP contribution in [0.3, 0.4) is 0 Å². The molecule has 0 radical (unpaired) electrons. The van der Waals surface area contributed by atoms with Crippen molar-refractivity contribution in [2.24, 2.45) is 7.05 Å². The smallest absolute Gasteiger partial charge is 0.227 e. The van der Waals surface area contributed by atoms with E-state index in [1.54, 1.807) is 0 Å². The lowest BCUT2D eigenvalue weighted by Crippen LogP contribution is -2.48. The lowest BCUT2D eigenvalue weighted by Gasteiger charge is -2.31. The fraction of sp³-hybridized carbons (Fsp3) is 0.706. The van der Waals surface area contributed by atoms with Gasteiger partial charge in [-0.25, -0.2) is 0 Å². The molecule has 1 spiro atoms. The Kier molecular flexibility index (Phi) is 3.46. The van der Waals surface area contributed by atoms with E-state index in [9.17, 15) is 9.59 Å². The van der Waals surface area contributed by atoms with Gasteiger partial charge in [-0.15, -0.1) is 0 Å². The molecule has 0 aliphatic carbocycles. The van der Waals surface area contributed by atoms with Gasteiger partial charge in [-0.1, -0.05) is 0 Å². The van der Waals surface area contributed by atoms with E-state index in [-0.39, 0.29) is 17.9 Å². The third kappa shape index (κ3) is 2.03. The molecule has 0 bridgehead atoms. The van der Waals surface area contributed by atoms with E-state index in [0.29, 0.717) is 39.0 Å². The maximum atomic E-state index is 12.8. The first kappa shape index (κ1) is 15.6. The Morgan fingerprint density at radius 1 is 1.38 bits per heavy atom. The van der Waals surface area contributed by atoms with Crippen molar-refractivity contribution in [3.05, 3.63) is 17.0 Å². The normalized spacial score (nSPS) is 28.6. The van der Waals surface area contributed by atoms with Crippen molar-refractivity contribution in [1.82, 2.24) is 19.6 Å². The molecule has 3 fully saturated rings. The van der Waals surface area contributed by atoms with Gasteiger partial charge < -0.3 is 14.5 Å². The van der Waals surface area contributed by atoms with Crippen LogP contribution in [0.4, 0.5) is 0 Å². The highest BCUT2D eigenvalue weighted by Gasteiger charge is 2.62. The van der Waals surface area contributed by atoms with Crippen LogP contribution in [0, 0.1) is 13.8 Å². The van der Waals surface area contributed by atoms with E-state index in [2.05, 4.69) is 5.10 Å². The molecule has 1 aromatic rings. The summed E-state index contributed by atoms with van der Waals surface area (Å²) in [5.41, 5.74) is 2.72. The lowest BCUT2D eigenvalue weighted by molar-refractivity contribution is -0.139. The van der Waals surface area contributed by atoms with Crippen molar-refractivity contribution in [3.8, 4) is 0 Å². The van der Waals surface area contributed by atoms with Gasteiger partial charge in [0.05, 0.1) is 24.8 Å². The van der Waals surface area contributed by atoms with Crippen molar-refractivity contribution in [2.75, 3.05) is 19.7 Å². The van der Waals surface area contributed by atoms with Crippen LogP contribution in [0.5, 0.6) is 0 Å². The quantitative estimate of drug-likeness (QED) is 0.810. The molecule has 0 N–H and O–H groups in total. The number of carbonyl (C=O) groups is 2. The van der Waals surface area contributed by atoms with E-state index in [1.165, 1.54) is 0 Å². The van der Waals surface area contributed by atoms with E-state index in [4.69, 9.17) is 4.74 Å². The maximum absolute atomic E-state index is 12.8. The number of likely N-dealkylation sites (tertiary alicyclic amines) is 1. The Morgan fingerprint density at radius 3 is 2.88 bits per heavy atom. The number of rotatable bonds is 3. The third-order valence-electron chi connectivity index (χ3n) is 5.97. The molecule has 0 saturated carbocycles. The summed E-state index contributed by atoms with van der Waals surface area (Å²) in [5.74, 6) is 0.235. The van der Waals surface area contributed by atoms with Crippen LogP contribution >= 0.6 is 0 Å². The zero-order valence-corrected chi connectivity index (χ0v) is 14.5. The van der Waals surface area contributed by atoms with E-state index < -0.39 is 5.72 Å². The molecule has 7 nitrogen and oxygen atoms in total. The number of ether oxygens (including phenoxy) is 1. The summed E-state index contributed by atoms with van der Waals surface area (Å²) in [6.07, 6.45) is 2.28. The summed E-state index contributed by atoms with van der Waals surface area (Å²) in [7, 11) is 1.92. The molecule has 4 rings (SSSR count). The van der Waals surface area contributed by atoms with E-state index >= 15 is 0 Å². The summed E-state index contributed by atoms with van der Waals surface area (Å²) in [6, 6.07) is -0.115. The summed E-state index contributed by atoms with van der Waals surface area (Å²) in [6.45, 7) is 5.93. The summed E-state index contributed by atoms with van der Waals surface area (Å²) in [4.78, 5) is 28.7. The summed E-state index contributed by atoms with van der Waals surface area (Å²) >= 11 is 0. The first-order valence-corrected chi connectivity index (χ1v) is 8.67. The molecular weight excluding hydrogens is 308 g/mol. The SMILES string of the molecule is Cc1nn(C)c(C)c1CCC(=O)N1CC[C@@]23OCCN2C(=O)C[C@@H]13. The number of nitrogens with zero attached hydrogens (tertiary/aromatic N) is 4. The Hall–Kier alpha value is -1.89. The average molecular weight is 332 g/mol. The second-order valence-electron chi connectivity index (χ2n) is 7.07. The molecule has 2 atom stereocenters. The number of aryl methyl sites for hydroxylation is 2. The summed E-state index contributed by atoms with van der Waals surface area (Å²) < 4.78 is 7.80. The zero-order valence-electron chi connectivity index (χ0n) is 14.5. The van der Waals surface area contributed by atoms with Crippen LogP contribution in [-0.2, 0) is 27.8 Å². The molecule has 4 heterocycles. The number of carbonyl (C=O) groups excluding carboxylic acids is 2. The Morgan fingerprint density at radius 2 is 2.17 bits per heavy atom. The fourth-order valence-corrected chi connectivity index (χ4v) is 4.65. The second kappa shape index (κ2) is 5.31. The van der Waals surface area contributed by atoms with Crippen LogP contribution in [0.1, 0.15) is 36.2 Å². The molecule has 7 heteroatoms. The van der Waals surface area contributed by atoms with Gasteiger partial charge in [0, 0.05) is 38.7 Å². The van der Waals surface area contributed by atoms with Gasteiger partial charge in [0.2, 0.25) is 11.8 Å². The zero-order chi connectivity index (χ0) is 17.1. The van der Waals surface area contributed by atoms with Gasteiger partial charge in [0.15, 0.2) is 5.72 Å². The van der Waals surface area contributed by atoms with Crippen LogP contribution < -0.4 is 0 Å². The Bertz CT molecular complexity index is 713. The van der Waals surface area contributed by atoms with Crippen LogP contribution in [0.15, 0.2) is 0 Å². The van der Waals surface area contributed by atoms with Gasteiger partial charge in [0.1, 0.15) is 0 Å². The van der Waals surface area contributed by atoms with Gasteiger partial charge in [-0.2, -0.15) is 5.10 Å². The largest absolute Gasteiger partial charge is 0.351 e. The molecule has 3 aliphatic rings. The van der Waals surface area contributed by atoms with Crippen molar-refractivity contribution < 1.29 is 14.3 Å². The van der Waals surface area contributed by atoms with Crippen LogP contribution in [0.2, 0.25) is 0 Å². The topological polar surface area (TPSA) is 67.7 Å². The van der Waals surface area contributed by atoms with Crippen LogP contribution in [0.25, 0.3) is 0 Å². The predicted octanol–water partition coefficient (Wildman–Crippen LogP) is 0.529. The Labute approximate surface area is 141 Å². The minimum atomic E-state index is -0.535. The number of amides is 2. The molecule has 0 unspecified atom stereocenters. The number of hydrogen-bond acceptors (Lipinski definition) is 4. The molecular formula is C17H24N4O3. The maximum Gasteiger partial charge on any atom is 0.227 e. The number of aromatic nitrogens is 2. The standard InChI is InChI=1S/C17H24N4O3/c1-11-13(12(2)19(3)18-11)4-5-15(22)20-7-6-17-14(20)10-16(23)21(17)8-9-24-17/h14H,4-10H2,1-3H3/t14-,17+/m1/s1. The average Bonchev–Trinajstić information content (AvgIpc) is 3.22. The van der Waals surface area contributed by atoms with Crippen LogP contribution in [-0.4, -0.2) is 62.9 Å². The summed E-state index contributed by atoms with van der Waals surface area (Å²) in [5, 5.41) is 4.41. The van der Waals surface area contributed by atoms with E-state index in [0.717, 1.165) is 23.4 Å². The fourth-order valence-electron chi connectivity index (χ4n) is 4.65. The Balaban J connectivity index is 1.47. The van der Waals surface area contributed by atoms with Crippen molar-refractivity contribution in [2.45, 2.75) is 51.3 Å². The molecule has 3 saturated heterocycles.